The molecule has 1 N–H and O–H groups in total. The minimum absolute atomic E-state index is 0.248. The number of carbonyl (C=O) groups is 1. The zero-order valence-electron chi connectivity index (χ0n) is 13.6. The maximum absolute atomic E-state index is 12.5. The molecule has 128 valence electrons. The summed E-state index contributed by atoms with van der Waals surface area (Å²) >= 11 is 9.34. The minimum atomic E-state index is -0.365. The third-order valence-corrected chi connectivity index (χ3v) is 4.22. The summed E-state index contributed by atoms with van der Waals surface area (Å²) in [4.78, 5) is 21.1. The molecule has 0 radical (unpaired) electrons. The lowest BCUT2D eigenvalue weighted by atomic mass is 10.2. The van der Waals surface area contributed by atoms with Gasteiger partial charge in [-0.05, 0) is 43.7 Å². The van der Waals surface area contributed by atoms with Gasteiger partial charge in [0.15, 0.2) is 11.6 Å². The normalized spacial score (nSPS) is 12.0. The molecule has 1 amide bonds. The SMILES string of the molecule is Cc1ccc(-n2ncnc2[C@H](C)NC(=O)c2cc(Cl)cc(Br)c2)nc1. The minimum Gasteiger partial charge on any atom is -0.342 e. The molecule has 3 aromatic rings. The fourth-order valence-electron chi connectivity index (χ4n) is 2.34. The topological polar surface area (TPSA) is 72.7 Å². The summed E-state index contributed by atoms with van der Waals surface area (Å²) in [7, 11) is 0. The van der Waals surface area contributed by atoms with Gasteiger partial charge < -0.3 is 5.32 Å². The van der Waals surface area contributed by atoms with E-state index in [0.29, 0.717) is 22.2 Å². The van der Waals surface area contributed by atoms with E-state index in [1.165, 1.54) is 6.33 Å². The first-order chi connectivity index (χ1) is 11.9. The van der Waals surface area contributed by atoms with Crippen molar-refractivity contribution in [2.75, 3.05) is 0 Å². The Balaban J connectivity index is 1.82. The molecule has 3 rings (SSSR count). The van der Waals surface area contributed by atoms with Crippen LogP contribution in [0.5, 0.6) is 0 Å². The van der Waals surface area contributed by atoms with Gasteiger partial charge in [-0.1, -0.05) is 33.6 Å². The van der Waals surface area contributed by atoms with Crippen LogP contribution >= 0.6 is 27.5 Å². The molecule has 2 aromatic heterocycles. The Labute approximate surface area is 158 Å². The summed E-state index contributed by atoms with van der Waals surface area (Å²) in [6.07, 6.45) is 3.20. The second-order valence-electron chi connectivity index (χ2n) is 5.58. The van der Waals surface area contributed by atoms with Crippen molar-refractivity contribution in [3.63, 3.8) is 0 Å². The quantitative estimate of drug-likeness (QED) is 0.695. The Kier molecular flexibility index (Phi) is 5.15. The molecule has 6 nitrogen and oxygen atoms in total. The van der Waals surface area contributed by atoms with Crippen LogP contribution in [-0.4, -0.2) is 25.7 Å². The molecule has 1 atom stereocenters. The molecule has 8 heteroatoms. The largest absolute Gasteiger partial charge is 0.342 e. The third-order valence-electron chi connectivity index (χ3n) is 3.55. The average Bonchev–Trinajstić information content (AvgIpc) is 3.04. The van der Waals surface area contributed by atoms with E-state index in [1.807, 2.05) is 26.0 Å². The predicted molar refractivity (Wildman–Crippen MR) is 98.9 cm³/mol. The van der Waals surface area contributed by atoms with Crippen LogP contribution < -0.4 is 5.32 Å². The van der Waals surface area contributed by atoms with Crippen molar-refractivity contribution in [2.24, 2.45) is 0 Å². The Hall–Kier alpha value is -2.25. The van der Waals surface area contributed by atoms with Gasteiger partial charge >= 0.3 is 0 Å². The third kappa shape index (κ3) is 4.05. The number of aryl methyl sites for hydroxylation is 1. The standard InChI is InChI=1S/C17H15BrClN5O/c1-10-3-4-15(20-8-10)24-16(21-9-22-24)11(2)23-17(25)12-5-13(18)7-14(19)6-12/h3-9,11H,1-2H3,(H,23,25)/t11-/m0/s1. The zero-order chi connectivity index (χ0) is 18.0. The van der Waals surface area contributed by atoms with Gasteiger partial charge in [0.2, 0.25) is 0 Å². The number of nitrogens with zero attached hydrogens (tertiary/aromatic N) is 4. The highest BCUT2D eigenvalue weighted by Gasteiger charge is 2.18. The van der Waals surface area contributed by atoms with Crippen molar-refractivity contribution in [3.05, 3.63) is 69.3 Å². The number of rotatable bonds is 4. The fourth-order valence-corrected chi connectivity index (χ4v) is 3.20. The first kappa shape index (κ1) is 17.6. The summed E-state index contributed by atoms with van der Waals surface area (Å²) in [5, 5.41) is 7.60. The van der Waals surface area contributed by atoms with Crippen molar-refractivity contribution in [1.82, 2.24) is 25.1 Å². The molecule has 0 aliphatic carbocycles. The van der Waals surface area contributed by atoms with Crippen LogP contribution in [0.3, 0.4) is 0 Å². The summed E-state index contributed by atoms with van der Waals surface area (Å²) in [6, 6.07) is 8.48. The molecule has 0 fully saturated rings. The summed E-state index contributed by atoms with van der Waals surface area (Å²) in [5.74, 6) is 0.984. The van der Waals surface area contributed by atoms with E-state index in [9.17, 15) is 4.79 Å². The number of halogens is 2. The number of hydrogen-bond donors (Lipinski definition) is 1. The number of aromatic nitrogens is 4. The molecule has 0 bridgehead atoms. The van der Waals surface area contributed by atoms with E-state index in [4.69, 9.17) is 11.6 Å². The van der Waals surface area contributed by atoms with Gasteiger partial charge in [0.1, 0.15) is 6.33 Å². The van der Waals surface area contributed by atoms with Crippen LogP contribution in [0, 0.1) is 6.92 Å². The lowest BCUT2D eigenvalue weighted by molar-refractivity contribution is 0.0938. The summed E-state index contributed by atoms with van der Waals surface area (Å²) < 4.78 is 2.35. The van der Waals surface area contributed by atoms with Crippen LogP contribution in [0.15, 0.2) is 47.3 Å². The number of carbonyl (C=O) groups excluding carboxylic acids is 1. The first-order valence-electron chi connectivity index (χ1n) is 7.54. The van der Waals surface area contributed by atoms with Crippen molar-refractivity contribution in [1.29, 1.82) is 0 Å². The number of pyridine rings is 1. The maximum atomic E-state index is 12.5. The van der Waals surface area contributed by atoms with E-state index in [-0.39, 0.29) is 11.9 Å². The number of amides is 1. The Morgan fingerprint density at radius 3 is 2.76 bits per heavy atom. The van der Waals surface area contributed by atoms with Crippen molar-refractivity contribution < 1.29 is 4.79 Å². The van der Waals surface area contributed by atoms with Crippen molar-refractivity contribution >= 4 is 33.4 Å². The molecule has 25 heavy (non-hydrogen) atoms. The second kappa shape index (κ2) is 7.33. The Morgan fingerprint density at radius 2 is 2.08 bits per heavy atom. The van der Waals surface area contributed by atoms with Gasteiger partial charge in [0.25, 0.3) is 5.91 Å². The molecule has 0 aliphatic heterocycles. The Morgan fingerprint density at radius 1 is 1.28 bits per heavy atom. The van der Waals surface area contributed by atoms with E-state index >= 15 is 0 Å². The monoisotopic (exact) mass is 419 g/mol. The van der Waals surface area contributed by atoms with Gasteiger partial charge in [-0.25, -0.2) is 9.97 Å². The van der Waals surface area contributed by atoms with Gasteiger partial charge in [-0.15, -0.1) is 0 Å². The molecule has 0 unspecified atom stereocenters. The highest BCUT2D eigenvalue weighted by atomic mass is 79.9. The van der Waals surface area contributed by atoms with Crippen LogP contribution in [0.4, 0.5) is 0 Å². The number of hydrogen-bond acceptors (Lipinski definition) is 4. The van der Waals surface area contributed by atoms with Crippen LogP contribution in [0.2, 0.25) is 5.02 Å². The smallest absolute Gasteiger partial charge is 0.251 e. The summed E-state index contributed by atoms with van der Waals surface area (Å²) in [5.41, 5.74) is 1.52. The van der Waals surface area contributed by atoms with E-state index in [1.54, 1.807) is 29.1 Å². The van der Waals surface area contributed by atoms with E-state index in [2.05, 4.69) is 36.3 Å². The molecule has 1 aromatic carbocycles. The molecule has 0 saturated heterocycles. The van der Waals surface area contributed by atoms with Gasteiger partial charge in [-0.3, -0.25) is 4.79 Å². The van der Waals surface area contributed by atoms with Gasteiger partial charge in [0.05, 0.1) is 6.04 Å². The molecule has 2 heterocycles. The Bertz CT molecular complexity index is 889. The highest BCUT2D eigenvalue weighted by molar-refractivity contribution is 9.10. The lowest BCUT2D eigenvalue weighted by Crippen LogP contribution is -2.28. The molecular formula is C17H15BrClN5O. The second-order valence-corrected chi connectivity index (χ2v) is 6.93. The van der Waals surface area contributed by atoms with Crippen molar-refractivity contribution in [2.45, 2.75) is 19.9 Å². The molecule has 0 spiro atoms. The maximum Gasteiger partial charge on any atom is 0.251 e. The zero-order valence-corrected chi connectivity index (χ0v) is 15.9. The molecule has 0 saturated carbocycles. The van der Waals surface area contributed by atoms with Gasteiger partial charge in [-0.2, -0.15) is 9.78 Å². The van der Waals surface area contributed by atoms with E-state index < -0.39 is 0 Å². The van der Waals surface area contributed by atoms with Crippen molar-refractivity contribution in [3.8, 4) is 5.82 Å². The number of benzene rings is 1. The van der Waals surface area contributed by atoms with Crippen LogP contribution in [-0.2, 0) is 0 Å². The highest BCUT2D eigenvalue weighted by Crippen LogP contribution is 2.20. The summed E-state index contributed by atoms with van der Waals surface area (Å²) in [6.45, 7) is 3.80. The lowest BCUT2D eigenvalue weighted by Gasteiger charge is -2.14. The molecule has 0 aliphatic rings. The van der Waals surface area contributed by atoms with Crippen LogP contribution in [0.1, 0.15) is 34.7 Å². The average molecular weight is 421 g/mol. The van der Waals surface area contributed by atoms with Crippen LogP contribution in [0.25, 0.3) is 5.82 Å². The number of nitrogens with one attached hydrogen (secondary N) is 1. The van der Waals surface area contributed by atoms with E-state index in [0.717, 1.165) is 10.0 Å². The first-order valence-corrected chi connectivity index (χ1v) is 8.71. The molecular weight excluding hydrogens is 406 g/mol. The predicted octanol–water partition coefficient (Wildman–Crippen LogP) is 3.88. The fraction of sp³-hybridized carbons (Fsp3) is 0.176. The van der Waals surface area contributed by atoms with Gasteiger partial charge in [0, 0.05) is 21.3 Å².